The van der Waals surface area contributed by atoms with Crippen molar-refractivity contribution in [3.63, 3.8) is 0 Å². The maximum absolute atomic E-state index is 12.6. The summed E-state index contributed by atoms with van der Waals surface area (Å²) in [5, 5.41) is 3.40. The maximum atomic E-state index is 12.6. The highest BCUT2D eigenvalue weighted by Crippen LogP contribution is 2.11. The van der Waals surface area contributed by atoms with Crippen LogP contribution in [-0.4, -0.2) is 85.5 Å². The number of aliphatic imine (C=N–C) groups is 1. The van der Waals surface area contributed by atoms with Crippen LogP contribution in [0, 0.1) is 0 Å². The minimum atomic E-state index is 0.312. The van der Waals surface area contributed by atoms with Gasteiger partial charge in [-0.05, 0) is 33.1 Å². The average Bonchev–Trinajstić information content (AvgIpc) is 2.94. The second-order valence-corrected chi connectivity index (χ2v) is 7.15. The van der Waals surface area contributed by atoms with E-state index in [1.807, 2.05) is 6.92 Å². The second-order valence-electron chi connectivity index (χ2n) is 7.15. The van der Waals surface area contributed by atoms with Crippen molar-refractivity contribution in [2.75, 3.05) is 58.9 Å². The van der Waals surface area contributed by atoms with Gasteiger partial charge in [-0.25, -0.2) is 0 Å². The van der Waals surface area contributed by atoms with E-state index in [-0.39, 0.29) is 0 Å². The minimum Gasteiger partial charge on any atom is -0.357 e. The molecule has 0 radical (unpaired) electrons. The van der Waals surface area contributed by atoms with Crippen molar-refractivity contribution in [1.29, 1.82) is 0 Å². The van der Waals surface area contributed by atoms with E-state index in [1.54, 1.807) is 0 Å². The van der Waals surface area contributed by atoms with E-state index in [9.17, 15) is 4.79 Å². The molecule has 6 heteroatoms. The van der Waals surface area contributed by atoms with Crippen molar-refractivity contribution in [2.45, 2.75) is 46.0 Å². The molecule has 6 nitrogen and oxygen atoms in total. The van der Waals surface area contributed by atoms with Crippen LogP contribution in [0.5, 0.6) is 0 Å². The van der Waals surface area contributed by atoms with Crippen LogP contribution >= 0.6 is 0 Å². The van der Waals surface area contributed by atoms with Crippen molar-refractivity contribution in [1.82, 2.24) is 20.0 Å². The molecule has 0 spiro atoms. The molecule has 0 bridgehead atoms. The van der Waals surface area contributed by atoms with Gasteiger partial charge in [0.1, 0.15) is 0 Å². The summed E-state index contributed by atoms with van der Waals surface area (Å²) in [6.45, 7) is 12.0. The number of piperazine rings is 1. The molecule has 2 heterocycles. The van der Waals surface area contributed by atoms with Gasteiger partial charge in [0, 0.05) is 52.4 Å². The van der Waals surface area contributed by atoms with E-state index in [1.165, 1.54) is 12.8 Å². The highest BCUT2D eigenvalue weighted by Gasteiger charge is 2.23. The first-order valence-electron chi connectivity index (χ1n) is 10.4. The van der Waals surface area contributed by atoms with E-state index < -0.39 is 0 Å². The fourth-order valence-electron chi connectivity index (χ4n) is 3.57. The number of hydrogen-bond donors (Lipinski definition) is 1. The molecule has 2 aliphatic heterocycles. The molecule has 0 aromatic heterocycles. The molecule has 2 saturated heterocycles. The Hall–Kier alpha value is -1.56. The predicted molar refractivity (Wildman–Crippen MR) is 108 cm³/mol. The first-order chi connectivity index (χ1) is 12.7. The van der Waals surface area contributed by atoms with E-state index in [2.05, 4.69) is 39.1 Å². The van der Waals surface area contributed by atoms with Gasteiger partial charge in [-0.1, -0.05) is 25.0 Å². The summed E-state index contributed by atoms with van der Waals surface area (Å²) in [6, 6.07) is 0. The number of nitrogens with zero attached hydrogens (tertiary/aromatic N) is 4. The molecular formula is C20H37N5O. The van der Waals surface area contributed by atoms with E-state index in [0.29, 0.717) is 12.5 Å². The van der Waals surface area contributed by atoms with Gasteiger partial charge in [0.25, 0.3) is 0 Å². The van der Waals surface area contributed by atoms with Gasteiger partial charge >= 0.3 is 0 Å². The zero-order chi connectivity index (χ0) is 18.6. The molecule has 26 heavy (non-hydrogen) atoms. The number of carbonyl (C=O) groups is 1. The zero-order valence-electron chi connectivity index (χ0n) is 16.8. The van der Waals surface area contributed by atoms with Crippen molar-refractivity contribution in [3.8, 4) is 0 Å². The van der Waals surface area contributed by atoms with Crippen LogP contribution in [0.25, 0.3) is 0 Å². The Kier molecular flexibility index (Phi) is 9.53. The Morgan fingerprint density at radius 1 is 1.00 bits per heavy atom. The van der Waals surface area contributed by atoms with Gasteiger partial charge in [0.15, 0.2) is 5.96 Å². The van der Waals surface area contributed by atoms with Gasteiger partial charge in [0.2, 0.25) is 5.91 Å². The van der Waals surface area contributed by atoms with Crippen LogP contribution in [0.3, 0.4) is 0 Å². The number of guanidine groups is 1. The molecule has 2 rings (SSSR count). The summed E-state index contributed by atoms with van der Waals surface area (Å²) in [7, 11) is 0. The van der Waals surface area contributed by atoms with Gasteiger partial charge in [0.05, 0.1) is 6.54 Å². The lowest BCUT2D eigenvalue weighted by molar-refractivity contribution is -0.132. The normalized spacial score (nSPS) is 20.5. The number of nitrogens with one attached hydrogen (secondary N) is 1. The molecule has 2 fully saturated rings. The fraction of sp³-hybridized carbons (Fsp3) is 0.800. The molecule has 0 atom stereocenters. The predicted octanol–water partition coefficient (Wildman–Crippen LogP) is 1.94. The molecule has 0 aromatic rings. The highest BCUT2D eigenvalue weighted by atomic mass is 16.2. The number of rotatable bonds is 6. The first kappa shape index (κ1) is 20.7. The number of amides is 1. The molecule has 0 saturated carbocycles. The Bertz CT molecular complexity index is 461. The number of likely N-dealkylation sites (tertiary alicyclic amines) is 1. The zero-order valence-corrected chi connectivity index (χ0v) is 16.8. The Morgan fingerprint density at radius 3 is 2.31 bits per heavy atom. The van der Waals surface area contributed by atoms with Crippen LogP contribution in [0.15, 0.2) is 17.1 Å². The molecular weight excluding hydrogens is 326 g/mol. The topological polar surface area (TPSA) is 51.2 Å². The Labute approximate surface area is 159 Å². The molecule has 0 aromatic carbocycles. The molecule has 148 valence electrons. The van der Waals surface area contributed by atoms with Gasteiger partial charge in [-0.15, -0.1) is 0 Å². The third-order valence-corrected chi connectivity index (χ3v) is 5.12. The van der Waals surface area contributed by atoms with Gasteiger partial charge in [-0.3, -0.25) is 14.7 Å². The molecule has 2 aliphatic rings. The minimum absolute atomic E-state index is 0.312. The number of hydrogen-bond acceptors (Lipinski definition) is 3. The smallest absolute Gasteiger partial charge is 0.236 e. The highest BCUT2D eigenvalue weighted by molar-refractivity contribution is 5.80. The van der Waals surface area contributed by atoms with Crippen LogP contribution in [-0.2, 0) is 4.79 Å². The number of allylic oxidation sites excluding steroid dienone is 1. The Morgan fingerprint density at radius 2 is 1.69 bits per heavy atom. The van der Waals surface area contributed by atoms with Gasteiger partial charge in [-0.2, -0.15) is 0 Å². The van der Waals surface area contributed by atoms with Crippen LogP contribution in [0.2, 0.25) is 0 Å². The first-order valence-corrected chi connectivity index (χ1v) is 10.4. The van der Waals surface area contributed by atoms with E-state index in [0.717, 1.165) is 77.6 Å². The van der Waals surface area contributed by atoms with Crippen molar-refractivity contribution in [3.05, 3.63) is 12.2 Å². The lowest BCUT2D eigenvalue weighted by atomic mass is 10.2. The summed E-state index contributed by atoms with van der Waals surface area (Å²) < 4.78 is 0. The average molecular weight is 364 g/mol. The van der Waals surface area contributed by atoms with Crippen LogP contribution in [0.1, 0.15) is 46.0 Å². The maximum Gasteiger partial charge on any atom is 0.236 e. The summed E-state index contributed by atoms with van der Waals surface area (Å²) in [6.07, 6.45) is 10.1. The molecule has 1 N–H and O–H groups in total. The van der Waals surface area contributed by atoms with E-state index >= 15 is 0 Å². The summed E-state index contributed by atoms with van der Waals surface area (Å²) in [5.74, 6) is 1.32. The molecule has 0 aliphatic carbocycles. The summed E-state index contributed by atoms with van der Waals surface area (Å²) >= 11 is 0. The quantitative estimate of drug-likeness (QED) is 0.339. The Balaban J connectivity index is 1.78. The molecule has 1 amide bonds. The lowest BCUT2D eigenvalue weighted by Crippen LogP contribution is -2.54. The third-order valence-electron chi connectivity index (χ3n) is 5.12. The standard InChI is InChI=1S/C20H37N5O/c1-3-5-8-11-22-20(21-4-2)25-16-14-23(15-17-25)18-19(26)24-12-9-6-7-10-13-24/h3,5H,4,6-18H2,1-2H3,(H,21,22)/b5-3+. The van der Waals surface area contributed by atoms with Crippen LogP contribution in [0.4, 0.5) is 0 Å². The second kappa shape index (κ2) is 11.9. The third kappa shape index (κ3) is 6.98. The summed E-state index contributed by atoms with van der Waals surface area (Å²) in [4.78, 5) is 24.0. The largest absolute Gasteiger partial charge is 0.357 e. The van der Waals surface area contributed by atoms with Crippen molar-refractivity contribution < 1.29 is 4.79 Å². The van der Waals surface area contributed by atoms with Crippen LogP contribution < -0.4 is 5.32 Å². The van der Waals surface area contributed by atoms with Crippen molar-refractivity contribution in [2.24, 2.45) is 4.99 Å². The van der Waals surface area contributed by atoms with E-state index in [4.69, 9.17) is 4.99 Å². The molecule has 0 unspecified atom stereocenters. The fourth-order valence-corrected chi connectivity index (χ4v) is 3.57. The van der Waals surface area contributed by atoms with Gasteiger partial charge < -0.3 is 15.1 Å². The summed E-state index contributed by atoms with van der Waals surface area (Å²) in [5.41, 5.74) is 0. The number of carbonyl (C=O) groups excluding carboxylic acids is 1. The van der Waals surface area contributed by atoms with Crippen molar-refractivity contribution >= 4 is 11.9 Å². The lowest BCUT2D eigenvalue weighted by Gasteiger charge is -2.37. The monoisotopic (exact) mass is 363 g/mol. The SMILES string of the molecule is C/C=C/CCN=C(NCC)N1CCN(CC(=O)N2CCCCCC2)CC1.